The maximum absolute atomic E-state index is 10.6. The molecule has 1 aromatic rings. The molecule has 0 spiro atoms. The van der Waals surface area contributed by atoms with Crippen molar-refractivity contribution in [1.29, 1.82) is 0 Å². The van der Waals surface area contributed by atoms with Crippen molar-refractivity contribution in [3.63, 3.8) is 0 Å². The molecule has 0 fully saturated rings. The van der Waals surface area contributed by atoms with Gasteiger partial charge in [0.2, 0.25) is 0 Å². The number of hydrogen-bond acceptors (Lipinski definition) is 3. The zero-order chi connectivity index (χ0) is 13.7. The van der Waals surface area contributed by atoms with Crippen LogP contribution in [0.4, 0.5) is 0 Å². The molecule has 1 aromatic carbocycles. The fourth-order valence-corrected chi connectivity index (χ4v) is 3.11. The number of rotatable bonds is 5. The second kappa shape index (κ2) is 6.43. The van der Waals surface area contributed by atoms with Crippen LogP contribution in [0.1, 0.15) is 23.2 Å². The van der Waals surface area contributed by atoms with Crippen molar-refractivity contribution < 1.29 is 4.79 Å². The second-order valence-corrected chi connectivity index (χ2v) is 5.40. The molecule has 0 atom stereocenters. The molecule has 0 aromatic heterocycles. The van der Waals surface area contributed by atoms with Crippen LogP contribution in [-0.2, 0) is 0 Å². The van der Waals surface area contributed by atoms with Crippen LogP contribution in [0.3, 0.4) is 0 Å². The minimum atomic E-state index is 0.703. The summed E-state index contributed by atoms with van der Waals surface area (Å²) < 4.78 is 2.24. The Morgan fingerprint density at radius 3 is 2.47 bits per heavy atom. The van der Waals surface area contributed by atoms with E-state index in [0.29, 0.717) is 5.56 Å². The minimum absolute atomic E-state index is 0.703. The highest BCUT2D eigenvalue weighted by molar-refractivity contribution is 7.97. The highest BCUT2D eigenvalue weighted by Gasteiger charge is 2.17. The Kier molecular flexibility index (Phi) is 4.63. The van der Waals surface area contributed by atoms with Crippen molar-refractivity contribution in [1.82, 2.24) is 4.31 Å². The van der Waals surface area contributed by atoms with Gasteiger partial charge in [0.05, 0.1) is 0 Å². The van der Waals surface area contributed by atoms with E-state index in [1.807, 2.05) is 36.4 Å². The summed E-state index contributed by atoms with van der Waals surface area (Å²) in [5.74, 6) is 0. The van der Waals surface area contributed by atoms with Crippen molar-refractivity contribution >= 4 is 18.2 Å². The Morgan fingerprint density at radius 2 is 1.89 bits per heavy atom. The zero-order valence-corrected chi connectivity index (χ0v) is 11.7. The first-order valence-corrected chi connectivity index (χ1v) is 7.04. The summed E-state index contributed by atoms with van der Waals surface area (Å²) in [6, 6.07) is 7.62. The Morgan fingerprint density at radius 1 is 1.16 bits per heavy atom. The van der Waals surface area contributed by atoms with Crippen LogP contribution in [0.5, 0.6) is 0 Å². The molecule has 0 saturated heterocycles. The lowest BCUT2D eigenvalue weighted by atomic mass is 10.0. The van der Waals surface area contributed by atoms with Crippen LogP contribution in [0.25, 0.3) is 0 Å². The lowest BCUT2D eigenvalue weighted by Crippen LogP contribution is -2.21. The standard InChI is InChI=1S/C16H17NOS/c1-3-14-6-5-11-17(16(14)4-2)19-15-9-7-13(12-18)8-10-15/h3-4,7-10,12H,1-2,5-6,11H2. The van der Waals surface area contributed by atoms with Crippen LogP contribution in [0.15, 0.2) is 65.7 Å². The molecule has 2 nitrogen and oxygen atoms in total. The largest absolute Gasteiger partial charge is 0.312 e. The predicted molar refractivity (Wildman–Crippen MR) is 81.0 cm³/mol. The third-order valence-corrected chi connectivity index (χ3v) is 4.16. The summed E-state index contributed by atoms with van der Waals surface area (Å²) in [5, 5.41) is 0. The van der Waals surface area contributed by atoms with Gasteiger partial charge >= 0.3 is 0 Å². The number of nitrogens with zero attached hydrogens (tertiary/aromatic N) is 1. The quantitative estimate of drug-likeness (QED) is 0.590. The molecule has 0 amide bonds. The Balaban J connectivity index is 2.18. The summed E-state index contributed by atoms with van der Waals surface area (Å²) in [6.07, 6.45) is 6.85. The third kappa shape index (κ3) is 3.18. The Labute approximate surface area is 118 Å². The molecule has 3 heteroatoms. The van der Waals surface area contributed by atoms with Gasteiger partial charge in [0.15, 0.2) is 0 Å². The van der Waals surface area contributed by atoms with Crippen LogP contribution in [0.2, 0.25) is 0 Å². The maximum atomic E-state index is 10.6. The van der Waals surface area contributed by atoms with E-state index < -0.39 is 0 Å². The molecule has 1 heterocycles. The molecular formula is C16H17NOS. The number of hydrogen-bond donors (Lipinski definition) is 0. The summed E-state index contributed by atoms with van der Waals surface area (Å²) in [7, 11) is 0. The molecule has 0 saturated carbocycles. The fourth-order valence-electron chi connectivity index (χ4n) is 2.09. The zero-order valence-electron chi connectivity index (χ0n) is 10.8. The molecule has 0 N–H and O–H groups in total. The predicted octanol–water partition coefficient (Wildman–Crippen LogP) is 4.23. The van der Waals surface area contributed by atoms with E-state index in [1.54, 1.807) is 11.9 Å². The molecule has 0 unspecified atom stereocenters. The van der Waals surface area contributed by atoms with Crippen molar-refractivity contribution in [3.8, 4) is 0 Å². The molecule has 2 rings (SSSR count). The Hall–Kier alpha value is -1.74. The van der Waals surface area contributed by atoms with Gasteiger partial charge < -0.3 is 4.31 Å². The van der Waals surface area contributed by atoms with Crippen molar-refractivity contribution in [2.24, 2.45) is 0 Å². The number of aldehydes is 1. The third-order valence-electron chi connectivity index (χ3n) is 3.08. The van der Waals surface area contributed by atoms with Gasteiger partial charge in [-0.05, 0) is 48.6 Å². The normalized spacial score (nSPS) is 15.3. The molecule has 0 bridgehead atoms. The van der Waals surface area contributed by atoms with E-state index in [9.17, 15) is 4.79 Å². The van der Waals surface area contributed by atoms with Crippen molar-refractivity contribution in [3.05, 3.63) is 66.4 Å². The van der Waals surface area contributed by atoms with Crippen LogP contribution >= 0.6 is 11.9 Å². The first kappa shape index (κ1) is 13.7. The van der Waals surface area contributed by atoms with E-state index in [2.05, 4.69) is 17.5 Å². The first-order chi connectivity index (χ1) is 9.28. The highest BCUT2D eigenvalue weighted by atomic mass is 32.2. The molecule has 98 valence electrons. The average molecular weight is 271 g/mol. The second-order valence-electron chi connectivity index (χ2n) is 4.30. The molecule has 0 radical (unpaired) electrons. The van der Waals surface area contributed by atoms with Gasteiger partial charge in [-0.2, -0.15) is 0 Å². The lowest BCUT2D eigenvalue weighted by Gasteiger charge is -2.30. The van der Waals surface area contributed by atoms with Crippen molar-refractivity contribution in [2.45, 2.75) is 17.7 Å². The molecule has 1 aliphatic heterocycles. The van der Waals surface area contributed by atoms with E-state index in [4.69, 9.17) is 0 Å². The van der Waals surface area contributed by atoms with Crippen LogP contribution in [-0.4, -0.2) is 17.1 Å². The van der Waals surface area contributed by atoms with E-state index in [1.165, 1.54) is 5.57 Å². The topological polar surface area (TPSA) is 20.3 Å². The molecule has 1 aliphatic rings. The van der Waals surface area contributed by atoms with Gasteiger partial charge in [-0.3, -0.25) is 4.79 Å². The molecule has 0 aliphatic carbocycles. The smallest absolute Gasteiger partial charge is 0.150 e. The maximum Gasteiger partial charge on any atom is 0.150 e. The van der Waals surface area contributed by atoms with Gasteiger partial charge in [-0.15, -0.1) is 0 Å². The molecular weight excluding hydrogens is 254 g/mol. The summed E-state index contributed by atoms with van der Waals surface area (Å²) in [5.41, 5.74) is 3.10. The summed E-state index contributed by atoms with van der Waals surface area (Å²) in [6.45, 7) is 8.76. The van der Waals surface area contributed by atoms with Gasteiger partial charge in [-0.1, -0.05) is 31.4 Å². The van der Waals surface area contributed by atoms with Crippen LogP contribution in [0, 0.1) is 0 Å². The van der Waals surface area contributed by atoms with Gasteiger partial charge in [-0.25, -0.2) is 0 Å². The minimum Gasteiger partial charge on any atom is -0.312 e. The fraction of sp³-hybridized carbons (Fsp3) is 0.188. The van der Waals surface area contributed by atoms with Crippen molar-refractivity contribution in [2.75, 3.05) is 6.54 Å². The van der Waals surface area contributed by atoms with Gasteiger partial charge in [0, 0.05) is 22.7 Å². The first-order valence-electron chi connectivity index (χ1n) is 6.27. The van der Waals surface area contributed by atoms with E-state index in [-0.39, 0.29) is 0 Å². The van der Waals surface area contributed by atoms with E-state index in [0.717, 1.165) is 36.3 Å². The monoisotopic (exact) mass is 271 g/mol. The number of benzene rings is 1. The van der Waals surface area contributed by atoms with Gasteiger partial charge in [0.1, 0.15) is 6.29 Å². The SMILES string of the molecule is C=CC1=C(C=C)N(Sc2ccc(C=O)cc2)CCC1. The highest BCUT2D eigenvalue weighted by Crippen LogP contribution is 2.33. The number of carbonyl (C=O) groups excluding carboxylic acids is 1. The Bertz CT molecular complexity index is 516. The number of carbonyl (C=O) groups is 1. The summed E-state index contributed by atoms with van der Waals surface area (Å²) >= 11 is 1.68. The summed E-state index contributed by atoms with van der Waals surface area (Å²) in [4.78, 5) is 11.8. The van der Waals surface area contributed by atoms with Gasteiger partial charge in [0.25, 0.3) is 0 Å². The lowest BCUT2D eigenvalue weighted by molar-refractivity contribution is 0.112. The van der Waals surface area contributed by atoms with Crippen LogP contribution < -0.4 is 0 Å². The average Bonchev–Trinajstić information content (AvgIpc) is 2.47. The molecule has 19 heavy (non-hydrogen) atoms. The number of allylic oxidation sites excluding steroid dienone is 3. The van der Waals surface area contributed by atoms with E-state index >= 15 is 0 Å².